The summed E-state index contributed by atoms with van der Waals surface area (Å²) in [6.45, 7) is 0.164. The van der Waals surface area contributed by atoms with Crippen molar-refractivity contribution in [3.63, 3.8) is 0 Å². The first-order chi connectivity index (χ1) is 9.32. The number of nitrogens with one attached hydrogen (secondary N) is 1. The van der Waals surface area contributed by atoms with E-state index in [1.165, 1.54) is 0 Å². The summed E-state index contributed by atoms with van der Waals surface area (Å²) >= 11 is 0. The van der Waals surface area contributed by atoms with Crippen LogP contribution in [0.2, 0.25) is 0 Å². The zero-order valence-electron chi connectivity index (χ0n) is 11.0. The molecule has 1 atom stereocenters. The van der Waals surface area contributed by atoms with E-state index in [2.05, 4.69) is 10.1 Å². The molecular weight excluding hydrogens is 273 g/mol. The number of rotatable bonds is 7. The lowest BCUT2D eigenvalue weighted by Crippen LogP contribution is -2.56. The summed E-state index contributed by atoms with van der Waals surface area (Å²) in [5, 5.41) is 2.83. The van der Waals surface area contributed by atoms with Gasteiger partial charge in [0.25, 0.3) is 0 Å². The summed E-state index contributed by atoms with van der Waals surface area (Å²) < 4.78 is 41.1. The van der Waals surface area contributed by atoms with Gasteiger partial charge in [0.05, 0.1) is 6.61 Å². The number of primary amides is 1. The Morgan fingerprint density at radius 3 is 2.30 bits per heavy atom. The topological polar surface area (TPSA) is 64.3 Å². The van der Waals surface area contributed by atoms with Gasteiger partial charge in [-0.05, 0) is 12.1 Å². The monoisotopic (exact) mass is 290 g/mol. The van der Waals surface area contributed by atoms with Crippen molar-refractivity contribution >= 4 is 5.91 Å². The Morgan fingerprint density at radius 1 is 1.25 bits per heavy atom. The summed E-state index contributed by atoms with van der Waals surface area (Å²) in [5.41, 5.74) is 4.37. The number of nitrogens with two attached hydrogens (primary N) is 1. The van der Waals surface area contributed by atoms with Gasteiger partial charge in [-0.3, -0.25) is 10.1 Å². The van der Waals surface area contributed by atoms with Gasteiger partial charge >= 0.3 is 6.18 Å². The van der Waals surface area contributed by atoms with Crippen LogP contribution in [-0.4, -0.2) is 31.8 Å². The van der Waals surface area contributed by atoms with Crippen LogP contribution >= 0.6 is 0 Å². The van der Waals surface area contributed by atoms with Crippen molar-refractivity contribution in [2.24, 2.45) is 5.73 Å². The Labute approximate surface area is 115 Å². The molecular formula is C13H17F3N2O2. The van der Waals surface area contributed by atoms with Crippen LogP contribution in [0, 0.1) is 0 Å². The molecule has 20 heavy (non-hydrogen) atoms. The van der Waals surface area contributed by atoms with E-state index in [4.69, 9.17) is 5.73 Å². The number of hydrogen-bond donors (Lipinski definition) is 2. The molecule has 1 rings (SSSR count). The Morgan fingerprint density at radius 2 is 1.85 bits per heavy atom. The van der Waals surface area contributed by atoms with Crippen molar-refractivity contribution in [3.8, 4) is 0 Å². The molecule has 0 radical (unpaired) electrons. The van der Waals surface area contributed by atoms with Gasteiger partial charge in [0.2, 0.25) is 5.91 Å². The number of likely N-dealkylation sites (N-methyl/N-ethyl adjacent to an activating group) is 1. The Balaban J connectivity index is 2.98. The standard InChI is InChI=1S/C13H17F3N2O2/c1-2-18-12(11(17)19,8-20-9-13(14,15)16)10-6-4-3-5-7-10/h3-7,18H,2,8-9H2,1H3,(H2,17,19). The maximum atomic E-state index is 12.2. The summed E-state index contributed by atoms with van der Waals surface area (Å²) in [4.78, 5) is 11.8. The lowest BCUT2D eigenvalue weighted by atomic mass is 9.89. The highest BCUT2D eigenvalue weighted by atomic mass is 19.4. The number of amides is 1. The Kier molecular flexibility index (Phi) is 5.52. The predicted molar refractivity (Wildman–Crippen MR) is 67.9 cm³/mol. The minimum atomic E-state index is -4.45. The molecule has 1 unspecified atom stereocenters. The van der Waals surface area contributed by atoms with Gasteiger partial charge in [-0.25, -0.2) is 0 Å². The van der Waals surface area contributed by atoms with Crippen LogP contribution in [0.15, 0.2) is 30.3 Å². The third-order valence-electron chi connectivity index (χ3n) is 2.75. The predicted octanol–water partition coefficient (Wildman–Crippen LogP) is 1.56. The van der Waals surface area contributed by atoms with Gasteiger partial charge in [0.1, 0.15) is 12.1 Å². The van der Waals surface area contributed by atoms with Crippen molar-refractivity contribution in [1.29, 1.82) is 0 Å². The number of halogens is 3. The molecule has 0 aliphatic rings. The fourth-order valence-electron chi connectivity index (χ4n) is 1.88. The number of carbonyl (C=O) groups is 1. The summed E-state index contributed by atoms with van der Waals surface area (Å²) in [6.07, 6.45) is -4.45. The first kappa shape index (κ1) is 16.5. The van der Waals surface area contributed by atoms with Crippen molar-refractivity contribution in [2.75, 3.05) is 19.8 Å². The molecule has 112 valence electrons. The molecule has 0 aromatic heterocycles. The minimum absolute atomic E-state index is 0.354. The average Bonchev–Trinajstić information content (AvgIpc) is 2.37. The average molecular weight is 290 g/mol. The first-order valence-corrected chi connectivity index (χ1v) is 6.07. The van der Waals surface area contributed by atoms with Crippen LogP contribution in [0.5, 0.6) is 0 Å². The van der Waals surface area contributed by atoms with E-state index in [1.807, 2.05) is 0 Å². The molecule has 3 N–H and O–H groups in total. The molecule has 0 saturated heterocycles. The normalized spacial score (nSPS) is 14.8. The summed E-state index contributed by atoms with van der Waals surface area (Å²) in [7, 11) is 0. The van der Waals surface area contributed by atoms with Crippen molar-refractivity contribution in [1.82, 2.24) is 5.32 Å². The fraction of sp³-hybridized carbons (Fsp3) is 0.462. The van der Waals surface area contributed by atoms with Gasteiger partial charge in [0.15, 0.2) is 0 Å². The van der Waals surface area contributed by atoms with Crippen molar-refractivity contribution in [3.05, 3.63) is 35.9 Å². The number of alkyl halides is 3. The van der Waals surface area contributed by atoms with E-state index in [-0.39, 0.29) is 0 Å². The molecule has 7 heteroatoms. The number of benzene rings is 1. The zero-order chi connectivity index (χ0) is 15.2. The minimum Gasteiger partial charge on any atom is -0.369 e. The molecule has 0 heterocycles. The maximum absolute atomic E-state index is 12.2. The van der Waals surface area contributed by atoms with E-state index < -0.39 is 30.8 Å². The van der Waals surface area contributed by atoms with E-state index in [0.717, 1.165) is 0 Å². The fourth-order valence-corrected chi connectivity index (χ4v) is 1.88. The quantitative estimate of drug-likeness (QED) is 0.801. The van der Waals surface area contributed by atoms with Crippen LogP contribution in [0.4, 0.5) is 13.2 Å². The van der Waals surface area contributed by atoms with Crippen molar-refractivity contribution < 1.29 is 22.7 Å². The number of ether oxygens (including phenoxy) is 1. The van der Waals surface area contributed by atoms with Gasteiger partial charge in [-0.1, -0.05) is 37.3 Å². The molecule has 1 amide bonds. The lowest BCUT2D eigenvalue weighted by Gasteiger charge is -2.31. The summed E-state index contributed by atoms with van der Waals surface area (Å²) in [6, 6.07) is 8.31. The van der Waals surface area contributed by atoms with E-state index >= 15 is 0 Å². The smallest absolute Gasteiger partial charge is 0.369 e. The van der Waals surface area contributed by atoms with Gasteiger partial charge in [-0.2, -0.15) is 13.2 Å². The zero-order valence-corrected chi connectivity index (χ0v) is 11.0. The van der Waals surface area contributed by atoms with Crippen LogP contribution < -0.4 is 11.1 Å². The molecule has 1 aromatic carbocycles. The number of carbonyl (C=O) groups excluding carboxylic acids is 1. The van der Waals surface area contributed by atoms with Crippen LogP contribution in [0.3, 0.4) is 0 Å². The molecule has 0 fully saturated rings. The van der Waals surface area contributed by atoms with Gasteiger partial charge in [0, 0.05) is 0 Å². The third kappa shape index (κ3) is 4.21. The summed E-state index contributed by atoms with van der Waals surface area (Å²) in [5.74, 6) is -0.785. The Hall–Kier alpha value is -1.60. The largest absolute Gasteiger partial charge is 0.411 e. The lowest BCUT2D eigenvalue weighted by molar-refractivity contribution is -0.180. The third-order valence-corrected chi connectivity index (χ3v) is 2.75. The second-order valence-corrected chi connectivity index (χ2v) is 4.27. The van der Waals surface area contributed by atoms with Crippen LogP contribution in [0.25, 0.3) is 0 Å². The molecule has 0 aliphatic carbocycles. The molecule has 0 bridgehead atoms. The molecule has 1 aromatic rings. The molecule has 0 saturated carbocycles. The van der Waals surface area contributed by atoms with E-state index in [9.17, 15) is 18.0 Å². The highest BCUT2D eigenvalue weighted by molar-refractivity contribution is 5.86. The Bertz CT molecular complexity index is 437. The number of hydrogen-bond acceptors (Lipinski definition) is 3. The second-order valence-electron chi connectivity index (χ2n) is 4.27. The van der Waals surface area contributed by atoms with Crippen LogP contribution in [-0.2, 0) is 15.1 Å². The second kappa shape index (κ2) is 6.71. The van der Waals surface area contributed by atoms with E-state index in [0.29, 0.717) is 12.1 Å². The highest BCUT2D eigenvalue weighted by Gasteiger charge is 2.39. The van der Waals surface area contributed by atoms with Gasteiger partial charge < -0.3 is 10.5 Å². The first-order valence-electron chi connectivity index (χ1n) is 6.07. The molecule has 0 spiro atoms. The SMILES string of the molecule is CCNC(COCC(F)(F)F)(C(N)=O)c1ccccc1. The highest BCUT2D eigenvalue weighted by Crippen LogP contribution is 2.23. The van der Waals surface area contributed by atoms with Crippen LogP contribution in [0.1, 0.15) is 12.5 Å². The van der Waals surface area contributed by atoms with Crippen molar-refractivity contribution in [2.45, 2.75) is 18.6 Å². The van der Waals surface area contributed by atoms with E-state index in [1.54, 1.807) is 37.3 Å². The molecule has 4 nitrogen and oxygen atoms in total. The molecule has 0 aliphatic heterocycles. The maximum Gasteiger partial charge on any atom is 0.411 e. The van der Waals surface area contributed by atoms with Gasteiger partial charge in [-0.15, -0.1) is 0 Å².